The molecule has 8 heteroatoms. The predicted octanol–water partition coefficient (Wildman–Crippen LogP) is 6.14. The number of benzene rings is 2. The van der Waals surface area contributed by atoms with Crippen molar-refractivity contribution in [3.63, 3.8) is 0 Å². The van der Waals surface area contributed by atoms with Crippen LogP contribution < -0.4 is 4.90 Å². The van der Waals surface area contributed by atoms with Gasteiger partial charge in [0.25, 0.3) is 0 Å². The van der Waals surface area contributed by atoms with E-state index in [1.54, 1.807) is 0 Å². The Labute approximate surface area is 192 Å². The monoisotopic (exact) mass is 456 g/mol. The van der Waals surface area contributed by atoms with Gasteiger partial charge in [-0.15, -0.1) is 4.33 Å². The summed E-state index contributed by atoms with van der Waals surface area (Å²) >= 11 is 0.940. The predicted molar refractivity (Wildman–Crippen MR) is 126 cm³/mol. The second-order valence-electron chi connectivity index (χ2n) is 8.05. The van der Waals surface area contributed by atoms with Crippen molar-refractivity contribution in [2.24, 2.45) is 4.99 Å². The lowest BCUT2D eigenvalue weighted by molar-refractivity contribution is -0.432. The highest BCUT2D eigenvalue weighted by molar-refractivity contribution is 7.94. The second-order valence-corrected chi connectivity index (χ2v) is 8.83. The highest BCUT2D eigenvalue weighted by atomic mass is 32.2. The summed E-state index contributed by atoms with van der Waals surface area (Å²) in [7, 11) is 0. The molecule has 0 unspecified atom stereocenters. The first-order valence-corrected chi connectivity index (χ1v) is 11.3. The molecule has 2 N–H and O–H groups in total. The van der Waals surface area contributed by atoms with Crippen molar-refractivity contribution in [3.05, 3.63) is 65.9 Å². The summed E-state index contributed by atoms with van der Waals surface area (Å²) in [5, 5.41) is 21.1. The maximum atomic E-state index is 10.8. The summed E-state index contributed by atoms with van der Waals surface area (Å²) in [5.74, 6) is -0.755. The number of hydrogen-bond acceptors (Lipinski definition) is 7. The molecule has 7 nitrogen and oxygen atoms in total. The number of hydrogen-bond donors (Lipinski definition) is 2. The summed E-state index contributed by atoms with van der Waals surface area (Å²) in [6.45, 7) is 5.11. The molecule has 0 saturated heterocycles. The van der Waals surface area contributed by atoms with Crippen LogP contribution in [0.4, 0.5) is 11.4 Å². The molecule has 0 bridgehead atoms. The summed E-state index contributed by atoms with van der Waals surface area (Å²) in [4.78, 5) is 18.4. The Balaban J connectivity index is 1.86. The van der Waals surface area contributed by atoms with Crippen LogP contribution in [0.5, 0.6) is 0 Å². The average molecular weight is 457 g/mol. The lowest BCUT2D eigenvalue weighted by atomic mass is 9.84. The molecule has 0 amide bonds. The largest absolute Gasteiger partial charge is 0.481 e. The molecule has 3 rings (SSSR count). The van der Waals surface area contributed by atoms with Gasteiger partial charge in [0.05, 0.1) is 17.7 Å². The molecule has 0 spiro atoms. The van der Waals surface area contributed by atoms with Gasteiger partial charge in [0, 0.05) is 40.9 Å². The second kappa shape index (κ2) is 11.3. The fourth-order valence-corrected chi connectivity index (χ4v) is 4.33. The average Bonchev–Trinajstić information content (AvgIpc) is 2.99. The van der Waals surface area contributed by atoms with E-state index in [9.17, 15) is 4.79 Å². The smallest absolute Gasteiger partial charge is 0.303 e. The number of anilines is 1. The highest BCUT2D eigenvalue weighted by Gasteiger charge is 2.39. The van der Waals surface area contributed by atoms with Gasteiger partial charge in [0.1, 0.15) is 0 Å². The zero-order valence-corrected chi connectivity index (χ0v) is 19.0. The number of nitrogens with zero attached hydrogens (tertiary/aromatic N) is 2. The van der Waals surface area contributed by atoms with E-state index in [2.05, 4.69) is 33.1 Å². The fourth-order valence-electron chi connectivity index (χ4n) is 3.93. The van der Waals surface area contributed by atoms with Crippen LogP contribution in [0, 0.1) is 0 Å². The van der Waals surface area contributed by atoms with Crippen LogP contribution in [-0.2, 0) is 19.6 Å². The molecule has 0 fully saturated rings. The minimum atomic E-state index is -0.755. The van der Waals surface area contributed by atoms with Crippen molar-refractivity contribution in [3.8, 4) is 0 Å². The third kappa shape index (κ3) is 5.98. The van der Waals surface area contributed by atoms with E-state index in [-0.39, 0.29) is 11.8 Å². The summed E-state index contributed by atoms with van der Waals surface area (Å²) in [6, 6.07) is 15.8. The van der Waals surface area contributed by atoms with Crippen molar-refractivity contribution >= 4 is 35.6 Å². The Morgan fingerprint density at radius 1 is 1.16 bits per heavy atom. The Morgan fingerprint density at radius 3 is 2.66 bits per heavy atom. The van der Waals surface area contributed by atoms with Gasteiger partial charge in [-0.05, 0) is 54.8 Å². The molecule has 0 atom stereocenters. The van der Waals surface area contributed by atoms with E-state index in [0.717, 1.165) is 59.0 Å². The van der Waals surface area contributed by atoms with Crippen molar-refractivity contribution in [1.29, 1.82) is 0 Å². The number of allylic oxidation sites excluding steroid dienone is 2. The molecule has 1 aliphatic heterocycles. The van der Waals surface area contributed by atoms with Gasteiger partial charge in [-0.25, -0.2) is 5.26 Å². The molecule has 0 saturated carbocycles. The topological polar surface area (TPSA) is 91.6 Å². The van der Waals surface area contributed by atoms with E-state index in [4.69, 9.17) is 10.4 Å². The number of aliphatic imine (C=N–C) groups is 1. The molecular formula is C24H28N2O5S. The lowest BCUT2D eigenvalue weighted by Crippen LogP contribution is -2.27. The highest BCUT2D eigenvalue weighted by Crippen LogP contribution is 2.48. The van der Waals surface area contributed by atoms with Crippen molar-refractivity contribution in [1.82, 2.24) is 0 Å². The zero-order valence-electron chi connectivity index (χ0n) is 18.2. The molecule has 2 aromatic rings. The van der Waals surface area contributed by atoms with Gasteiger partial charge < -0.3 is 10.0 Å². The molecule has 1 heterocycles. The van der Waals surface area contributed by atoms with Crippen LogP contribution in [0.25, 0.3) is 0 Å². The zero-order chi connectivity index (χ0) is 23.0. The van der Waals surface area contributed by atoms with Gasteiger partial charge in [-0.2, -0.15) is 0 Å². The van der Waals surface area contributed by atoms with Gasteiger partial charge >= 0.3 is 5.97 Å². The van der Waals surface area contributed by atoms with Gasteiger partial charge in [-0.3, -0.25) is 9.79 Å². The molecule has 0 aromatic heterocycles. The van der Waals surface area contributed by atoms with Crippen molar-refractivity contribution < 1.29 is 24.5 Å². The Bertz CT molecular complexity index is 976. The van der Waals surface area contributed by atoms with E-state index in [0.29, 0.717) is 6.42 Å². The van der Waals surface area contributed by atoms with Gasteiger partial charge in [-0.1, -0.05) is 43.5 Å². The van der Waals surface area contributed by atoms with E-state index >= 15 is 0 Å². The molecule has 0 aliphatic carbocycles. The van der Waals surface area contributed by atoms with Crippen LogP contribution in [0.2, 0.25) is 0 Å². The Morgan fingerprint density at radius 2 is 1.94 bits per heavy atom. The van der Waals surface area contributed by atoms with Crippen molar-refractivity contribution in [2.45, 2.75) is 49.8 Å². The molecule has 170 valence electrons. The summed E-state index contributed by atoms with van der Waals surface area (Å²) < 4.78 is 4.60. The number of unbranched alkanes of at least 4 members (excludes halogenated alkanes) is 2. The molecule has 0 radical (unpaired) electrons. The molecule has 1 aliphatic rings. The fraction of sp³-hybridized carbons (Fsp3) is 0.333. The van der Waals surface area contributed by atoms with Crippen LogP contribution in [0.1, 0.15) is 45.1 Å². The Kier molecular flexibility index (Phi) is 8.46. The number of aliphatic carboxylic acids is 1. The standard InChI is InChI=1S/C24H28N2O5S/c1-24(2)20-17-19(32-31-30-29)12-13-21(20)26(16-8-4-7-11-23(27)28)22(24)14-15-25-18-9-5-3-6-10-18/h3,5-6,9-10,12-15,17,29H,4,7-8,11,16H2,1-2H3,(H,27,28). The maximum absolute atomic E-state index is 10.8. The lowest BCUT2D eigenvalue weighted by Gasteiger charge is -2.27. The van der Waals surface area contributed by atoms with Gasteiger partial charge in [0.15, 0.2) is 0 Å². The normalized spacial score (nSPS) is 16.1. The van der Waals surface area contributed by atoms with E-state index in [1.165, 1.54) is 0 Å². The third-order valence-electron chi connectivity index (χ3n) is 5.51. The Hall–Kier alpha value is -2.65. The number of carboxylic acid groups (broad SMARTS) is 1. The van der Waals surface area contributed by atoms with Crippen molar-refractivity contribution in [2.75, 3.05) is 11.4 Å². The first-order chi connectivity index (χ1) is 15.4. The number of carbonyl (C=O) groups is 1. The molecule has 2 aromatic carbocycles. The number of carboxylic acids is 1. The minimum absolute atomic E-state index is 0.196. The molecular weight excluding hydrogens is 428 g/mol. The van der Waals surface area contributed by atoms with E-state index in [1.807, 2.05) is 60.8 Å². The van der Waals surface area contributed by atoms with Crippen LogP contribution in [0.3, 0.4) is 0 Å². The first-order valence-electron chi connectivity index (χ1n) is 10.5. The first kappa shape index (κ1) is 24.0. The third-order valence-corrected chi connectivity index (χ3v) is 6.08. The van der Waals surface area contributed by atoms with Gasteiger partial charge in [0.2, 0.25) is 0 Å². The molecule has 32 heavy (non-hydrogen) atoms. The number of rotatable bonds is 11. The van der Waals surface area contributed by atoms with Crippen LogP contribution >= 0.6 is 12.0 Å². The quantitative estimate of drug-likeness (QED) is 0.138. The van der Waals surface area contributed by atoms with Crippen LogP contribution in [-0.4, -0.2) is 29.1 Å². The number of fused-ring (bicyclic) bond motifs is 1. The SMILES string of the molecule is CC1(C)C(=CC=Nc2ccccc2)N(CCCCCC(=O)O)c2ccc(SOOO)cc21. The van der Waals surface area contributed by atoms with Crippen LogP contribution in [0.15, 0.2) is 70.2 Å². The minimum Gasteiger partial charge on any atom is -0.481 e. The number of para-hydroxylation sites is 1. The maximum Gasteiger partial charge on any atom is 0.303 e. The van der Waals surface area contributed by atoms with E-state index < -0.39 is 5.97 Å². The summed E-state index contributed by atoms with van der Waals surface area (Å²) in [6.07, 6.45) is 6.47. The summed E-state index contributed by atoms with van der Waals surface area (Å²) in [5.41, 5.74) is 3.95.